The van der Waals surface area contributed by atoms with Gasteiger partial charge in [0.25, 0.3) is 5.91 Å². The fraction of sp³-hybridized carbons (Fsp3) is 0.316. The topological polar surface area (TPSA) is 32.3 Å². The van der Waals surface area contributed by atoms with Crippen LogP contribution < -0.4 is 5.32 Å². The number of benzene rings is 2. The van der Waals surface area contributed by atoms with Crippen molar-refractivity contribution in [1.29, 1.82) is 0 Å². The zero-order valence-electron chi connectivity index (χ0n) is 14.0. The summed E-state index contributed by atoms with van der Waals surface area (Å²) in [5.74, 6) is -0.729. The number of amides is 1. The molecule has 0 spiro atoms. The molecule has 25 heavy (non-hydrogen) atoms. The van der Waals surface area contributed by atoms with Crippen LogP contribution in [-0.4, -0.2) is 37.5 Å². The first-order valence-corrected chi connectivity index (χ1v) is 8.08. The van der Waals surface area contributed by atoms with Gasteiger partial charge in [-0.05, 0) is 61.3 Å². The summed E-state index contributed by atoms with van der Waals surface area (Å²) in [6.45, 7) is 2.17. The van der Waals surface area contributed by atoms with E-state index in [4.69, 9.17) is 0 Å². The molecule has 1 aliphatic rings. The van der Waals surface area contributed by atoms with Gasteiger partial charge in [-0.15, -0.1) is 12.4 Å². The molecule has 1 fully saturated rings. The minimum atomic E-state index is -0.543. The van der Waals surface area contributed by atoms with Gasteiger partial charge in [0.2, 0.25) is 0 Å². The van der Waals surface area contributed by atoms with Gasteiger partial charge in [0.05, 0.1) is 5.56 Å². The lowest BCUT2D eigenvalue weighted by Gasteiger charge is -2.17. The summed E-state index contributed by atoms with van der Waals surface area (Å²) in [6.07, 6.45) is 0.932. The number of likely N-dealkylation sites (tertiary alicyclic amines) is 1. The third-order valence-electron chi connectivity index (χ3n) is 4.44. The Bertz CT molecular complexity index is 737. The molecule has 3 nitrogen and oxygen atoms in total. The molecule has 0 aromatic heterocycles. The Morgan fingerprint density at radius 1 is 1.16 bits per heavy atom. The average molecular weight is 367 g/mol. The molecule has 1 aliphatic heterocycles. The third-order valence-corrected chi connectivity index (χ3v) is 4.44. The van der Waals surface area contributed by atoms with Crippen molar-refractivity contribution in [3.63, 3.8) is 0 Å². The van der Waals surface area contributed by atoms with Gasteiger partial charge in [-0.3, -0.25) is 4.79 Å². The first-order chi connectivity index (χ1) is 11.6. The second-order valence-electron chi connectivity index (χ2n) is 6.17. The van der Waals surface area contributed by atoms with Crippen molar-refractivity contribution >= 4 is 18.3 Å². The monoisotopic (exact) mass is 366 g/mol. The zero-order valence-corrected chi connectivity index (χ0v) is 14.8. The number of halogens is 3. The summed E-state index contributed by atoms with van der Waals surface area (Å²) in [5, 5.41) is 3.11. The third kappa shape index (κ3) is 4.35. The Hall–Kier alpha value is -1.98. The normalized spacial score (nSPS) is 16.6. The maximum Gasteiger partial charge on any atom is 0.256 e. The predicted octanol–water partition coefficient (Wildman–Crippen LogP) is 3.74. The highest BCUT2D eigenvalue weighted by molar-refractivity contribution is 5.95. The lowest BCUT2D eigenvalue weighted by Crippen LogP contribution is -2.30. The van der Waals surface area contributed by atoms with Gasteiger partial charge < -0.3 is 10.2 Å². The highest BCUT2D eigenvalue weighted by atomic mass is 35.5. The molecule has 3 rings (SSSR count). The first-order valence-electron chi connectivity index (χ1n) is 8.08. The van der Waals surface area contributed by atoms with Gasteiger partial charge in [0.1, 0.15) is 11.6 Å². The second kappa shape index (κ2) is 8.41. The minimum absolute atomic E-state index is 0. The second-order valence-corrected chi connectivity index (χ2v) is 6.17. The highest BCUT2D eigenvalue weighted by Crippen LogP contribution is 2.24. The van der Waals surface area contributed by atoms with Crippen LogP contribution in [0.25, 0.3) is 11.1 Å². The van der Waals surface area contributed by atoms with Gasteiger partial charge in [-0.25, -0.2) is 8.78 Å². The van der Waals surface area contributed by atoms with Crippen LogP contribution in [0.4, 0.5) is 8.78 Å². The number of carbonyl (C=O) groups excluding carboxylic acids is 1. The minimum Gasteiger partial charge on any atom is -0.338 e. The summed E-state index contributed by atoms with van der Waals surface area (Å²) in [5.41, 5.74) is 1.43. The number of rotatable bonds is 4. The largest absolute Gasteiger partial charge is 0.338 e. The Kier molecular flexibility index (Phi) is 6.51. The zero-order chi connectivity index (χ0) is 17.1. The number of nitrogens with one attached hydrogen (secondary N) is 1. The lowest BCUT2D eigenvalue weighted by atomic mass is 10.0. The van der Waals surface area contributed by atoms with Crippen molar-refractivity contribution in [1.82, 2.24) is 10.2 Å². The molecule has 2 aromatic carbocycles. The van der Waals surface area contributed by atoms with E-state index in [-0.39, 0.29) is 29.7 Å². The molecule has 0 radical (unpaired) electrons. The smallest absolute Gasteiger partial charge is 0.256 e. The number of hydrogen-bond acceptors (Lipinski definition) is 2. The highest BCUT2D eigenvalue weighted by Gasteiger charge is 2.27. The standard InChI is InChI=1S/C19H20F2N2O.ClH/c1-22-11-13-8-9-23(12-13)19(24)17-7-4-15(10-18(17)21)14-2-5-16(20)6-3-14;/h2-7,10,13,22H,8-9,11-12H2,1H3;1H. The van der Waals surface area contributed by atoms with Crippen LogP contribution in [0.5, 0.6) is 0 Å². The van der Waals surface area contributed by atoms with E-state index in [1.807, 2.05) is 7.05 Å². The van der Waals surface area contributed by atoms with E-state index in [1.54, 1.807) is 23.1 Å². The molecule has 134 valence electrons. The molecular weight excluding hydrogens is 346 g/mol. The van der Waals surface area contributed by atoms with E-state index in [2.05, 4.69) is 5.32 Å². The predicted molar refractivity (Wildman–Crippen MR) is 97.0 cm³/mol. The molecule has 6 heteroatoms. The Balaban J connectivity index is 0.00000225. The van der Waals surface area contributed by atoms with Gasteiger partial charge in [0.15, 0.2) is 0 Å². The molecule has 1 N–H and O–H groups in total. The van der Waals surface area contributed by atoms with E-state index in [0.717, 1.165) is 13.0 Å². The molecule has 0 aliphatic carbocycles. The maximum absolute atomic E-state index is 14.4. The summed E-state index contributed by atoms with van der Waals surface area (Å²) in [7, 11) is 1.89. The molecule has 1 heterocycles. The van der Waals surface area contributed by atoms with Crippen LogP contribution >= 0.6 is 12.4 Å². The summed E-state index contributed by atoms with van der Waals surface area (Å²) < 4.78 is 27.4. The maximum atomic E-state index is 14.4. The Morgan fingerprint density at radius 3 is 2.48 bits per heavy atom. The fourth-order valence-electron chi connectivity index (χ4n) is 3.15. The Morgan fingerprint density at radius 2 is 1.84 bits per heavy atom. The van der Waals surface area contributed by atoms with E-state index in [9.17, 15) is 13.6 Å². The molecule has 1 atom stereocenters. The SMILES string of the molecule is CNCC1CCN(C(=O)c2ccc(-c3ccc(F)cc3)cc2F)C1.Cl. The van der Waals surface area contributed by atoms with E-state index >= 15 is 0 Å². The number of carbonyl (C=O) groups is 1. The van der Waals surface area contributed by atoms with Crippen LogP contribution in [0.2, 0.25) is 0 Å². The van der Waals surface area contributed by atoms with Crippen molar-refractivity contribution in [2.45, 2.75) is 6.42 Å². The summed E-state index contributed by atoms with van der Waals surface area (Å²) >= 11 is 0. The summed E-state index contributed by atoms with van der Waals surface area (Å²) in [6, 6.07) is 10.4. The lowest BCUT2D eigenvalue weighted by molar-refractivity contribution is 0.0782. The van der Waals surface area contributed by atoms with Crippen LogP contribution in [-0.2, 0) is 0 Å². The summed E-state index contributed by atoms with van der Waals surface area (Å²) in [4.78, 5) is 14.2. The van der Waals surface area contributed by atoms with Gasteiger partial charge >= 0.3 is 0 Å². The fourth-order valence-corrected chi connectivity index (χ4v) is 3.15. The van der Waals surface area contributed by atoms with Gasteiger partial charge in [0, 0.05) is 13.1 Å². The quantitative estimate of drug-likeness (QED) is 0.894. The van der Waals surface area contributed by atoms with Gasteiger partial charge in [-0.1, -0.05) is 18.2 Å². The molecule has 0 saturated carbocycles. The van der Waals surface area contributed by atoms with Crippen LogP contribution in [0, 0.1) is 17.6 Å². The number of hydrogen-bond donors (Lipinski definition) is 1. The van der Waals surface area contributed by atoms with Crippen molar-refractivity contribution in [2.24, 2.45) is 5.92 Å². The molecular formula is C19H21ClF2N2O. The Labute approximate surface area is 152 Å². The van der Waals surface area contributed by atoms with E-state index in [0.29, 0.717) is 30.1 Å². The first kappa shape index (κ1) is 19.3. The molecule has 1 amide bonds. The van der Waals surface area contributed by atoms with Crippen LogP contribution in [0.1, 0.15) is 16.8 Å². The van der Waals surface area contributed by atoms with E-state index in [1.165, 1.54) is 24.3 Å². The molecule has 0 bridgehead atoms. The average Bonchev–Trinajstić information content (AvgIpc) is 3.04. The number of nitrogens with zero attached hydrogens (tertiary/aromatic N) is 1. The van der Waals surface area contributed by atoms with Crippen molar-refractivity contribution in [3.05, 3.63) is 59.7 Å². The van der Waals surface area contributed by atoms with Crippen molar-refractivity contribution in [2.75, 3.05) is 26.7 Å². The molecule has 2 aromatic rings. The van der Waals surface area contributed by atoms with Crippen molar-refractivity contribution in [3.8, 4) is 11.1 Å². The van der Waals surface area contributed by atoms with E-state index < -0.39 is 5.82 Å². The van der Waals surface area contributed by atoms with Gasteiger partial charge in [-0.2, -0.15) is 0 Å². The van der Waals surface area contributed by atoms with Crippen LogP contribution in [0.15, 0.2) is 42.5 Å². The van der Waals surface area contributed by atoms with Crippen LogP contribution in [0.3, 0.4) is 0 Å². The molecule has 1 saturated heterocycles. The molecule has 1 unspecified atom stereocenters. The van der Waals surface area contributed by atoms with Crippen molar-refractivity contribution < 1.29 is 13.6 Å².